The van der Waals surface area contributed by atoms with E-state index in [2.05, 4.69) is 146 Å². The average molecular weight is 517 g/mol. The third-order valence-electron chi connectivity index (χ3n) is 9.81. The van der Waals surface area contributed by atoms with Crippen LogP contribution in [-0.2, 0) is 5.41 Å². The van der Waals surface area contributed by atoms with Gasteiger partial charge in [0.1, 0.15) is 0 Å². The standard InChI is InChI=1S/C41H24/c1-2-12-25(13-3-1)32-24-36-39(40-31-20-11-15-26-14-10-19-30(37(26)31)38(32)40)29-18-6-9-23-35(29)41(36)33-21-7-4-16-27(33)28-17-5-8-22-34(28)41/h1-24H. The van der Waals surface area contributed by atoms with E-state index in [1.54, 1.807) is 0 Å². The smallest absolute Gasteiger partial charge is 0.0622 e. The van der Waals surface area contributed by atoms with Crippen molar-refractivity contribution in [3.8, 4) is 55.6 Å². The summed E-state index contributed by atoms with van der Waals surface area (Å²) >= 11 is 0. The Balaban J connectivity index is 1.47. The Morgan fingerprint density at radius 2 is 0.829 bits per heavy atom. The normalized spacial score (nSPS) is 14.0. The van der Waals surface area contributed by atoms with Crippen LogP contribution in [0.2, 0.25) is 0 Å². The minimum absolute atomic E-state index is 0.361. The van der Waals surface area contributed by atoms with Gasteiger partial charge in [-0.3, -0.25) is 0 Å². The van der Waals surface area contributed by atoms with Crippen molar-refractivity contribution in [3.63, 3.8) is 0 Å². The van der Waals surface area contributed by atoms with Crippen LogP contribution < -0.4 is 0 Å². The fraction of sp³-hybridized carbons (Fsp3) is 0.0244. The van der Waals surface area contributed by atoms with Crippen molar-refractivity contribution < 1.29 is 0 Å². The van der Waals surface area contributed by atoms with Gasteiger partial charge in [-0.2, -0.15) is 0 Å². The molecular formula is C41H24. The highest BCUT2D eigenvalue weighted by Crippen LogP contribution is 2.67. The third-order valence-corrected chi connectivity index (χ3v) is 9.81. The second-order valence-electron chi connectivity index (χ2n) is 11.6. The zero-order valence-corrected chi connectivity index (χ0v) is 22.4. The summed E-state index contributed by atoms with van der Waals surface area (Å²) in [6.07, 6.45) is 0. The van der Waals surface area contributed by atoms with E-state index < -0.39 is 0 Å². The van der Waals surface area contributed by atoms with Gasteiger partial charge in [-0.1, -0.05) is 140 Å². The molecule has 1 spiro atoms. The molecule has 0 heterocycles. The molecule has 0 saturated heterocycles. The van der Waals surface area contributed by atoms with E-state index in [0.717, 1.165) is 0 Å². The van der Waals surface area contributed by atoms with Gasteiger partial charge in [-0.15, -0.1) is 0 Å². The number of rotatable bonds is 1. The molecule has 0 aromatic heterocycles. The Bertz CT molecular complexity index is 2200. The first-order valence-electron chi connectivity index (χ1n) is 14.5. The molecule has 7 aromatic rings. The molecule has 0 nitrogen and oxygen atoms in total. The molecule has 7 aromatic carbocycles. The highest BCUT2D eigenvalue weighted by molar-refractivity contribution is 6.22. The molecule has 188 valence electrons. The molecule has 0 aliphatic heterocycles. The molecule has 0 heteroatoms. The van der Waals surface area contributed by atoms with Gasteiger partial charge in [-0.25, -0.2) is 0 Å². The molecule has 0 amide bonds. The maximum Gasteiger partial charge on any atom is 0.0725 e. The lowest BCUT2D eigenvalue weighted by Gasteiger charge is -2.31. The van der Waals surface area contributed by atoms with Gasteiger partial charge in [-0.05, 0) is 94.7 Å². The first kappa shape index (κ1) is 21.6. The molecule has 10 rings (SSSR count). The fourth-order valence-electron chi connectivity index (χ4n) is 8.40. The van der Waals surface area contributed by atoms with E-state index in [-0.39, 0.29) is 5.41 Å². The number of fused-ring (bicyclic) bond motifs is 14. The lowest BCUT2D eigenvalue weighted by Crippen LogP contribution is -2.26. The summed E-state index contributed by atoms with van der Waals surface area (Å²) in [6, 6.07) is 54.5. The maximum atomic E-state index is 2.55. The lowest BCUT2D eigenvalue weighted by molar-refractivity contribution is 0.794. The molecule has 0 fully saturated rings. The molecule has 0 saturated carbocycles. The highest BCUT2D eigenvalue weighted by Gasteiger charge is 2.53. The molecule has 3 aliphatic rings. The van der Waals surface area contributed by atoms with Gasteiger partial charge < -0.3 is 0 Å². The van der Waals surface area contributed by atoms with Crippen molar-refractivity contribution in [3.05, 3.63) is 168 Å². The third kappa shape index (κ3) is 2.44. The van der Waals surface area contributed by atoms with Crippen molar-refractivity contribution in [2.24, 2.45) is 0 Å². The Morgan fingerprint density at radius 3 is 1.49 bits per heavy atom. The maximum absolute atomic E-state index is 2.55. The van der Waals surface area contributed by atoms with Crippen LogP contribution in [0.25, 0.3) is 66.4 Å². The number of benzene rings is 7. The zero-order chi connectivity index (χ0) is 26.7. The van der Waals surface area contributed by atoms with Crippen LogP contribution in [0.5, 0.6) is 0 Å². The molecular weight excluding hydrogens is 492 g/mol. The van der Waals surface area contributed by atoms with Crippen molar-refractivity contribution in [2.45, 2.75) is 5.41 Å². The van der Waals surface area contributed by atoms with E-state index in [4.69, 9.17) is 0 Å². The Hall–Kier alpha value is -5.20. The predicted octanol–water partition coefficient (Wildman–Crippen LogP) is 10.5. The van der Waals surface area contributed by atoms with Gasteiger partial charge >= 0.3 is 0 Å². The van der Waals surface area contributed by atoms with Crippen LogP contribution in [0.1, 0.15) is 22.3 Å². The van der Waals surface area contributed by atoms with Crippen LogP contribution in [0.3, 0.4) is 0 Å². The van der Waals surface area contributed by atoms with Gasteiger partial charge in [0.15, 0.2) is 0 Å². The Labute approximate surface area is 239 Å². The summed E-state index contributed by atoms with van der Waals surface area (Å²) in [4.78, 5) is 0. The molecule has 0 N–H and O–H groups in total. The van der Waals surface area contributed by atoms with Crippen molar-refractivity contribution in [1.29, 1.82) is 0 Å². The lowest BCUT2D eigenvalue weighted by atomic mass is 9.69. The van der Waals surface area contributed by atoms with E-state index >= 15 is 0 Å². The molecule has 0 bridgehead atoms. The molecule has 0 unspecified atom stereocenters. The predicted molar refractivity (Wildman–Crippen MR) is 170 cm³/mol. The highest BCUT2D eigenvalue weighted by atomic mass is 14.5. The van der Waals surface area contributed by atoms with Crippen LogP contribution in [0.4, 0.5) is 0 Å². The Kier molecular flexibility index (Phi) is 3.95. The summed E-state index contributed by atoms with van der Waals surface area (Å²) in [6.45, 7) is 0. The topological polar surface area (TPSA) is 0 Å². The Morgan fingerprint density at radius 1 is 0.317 bits per heavy atom. The summed E-state index contributed by atoms with van der Waals surface area (Å²) in [5.74, 6) is 0. The SMILES string of the molecule is c1ccc(-c2cc3c(c4c2-c2cccc5cccc-4c25)-c2ccccc2C32c3ccccc3-c3ccccc32)cc1. The summed E-state index contributed by atoms with van der Waals surface area (Å²) in [5.41, 5.74) is 18.7. The van der Waals surface area contributed by atoms with Crippen molar-refractivity contribution >= 4 is 10.8 Å². The minimum atomic E-state index is -0.361. The first-order valence-corrected chi connectivity index (χ1v) is 14.5. The van der Waals surface area contributed by atoms with Gasteiger partial charge in [0.2, 0.25) is 0 Å². The van der Waals surface area contributed by atoms with Crippen LogP contribution in [0, 0.1) is 0 Å². The second-order valence-corrected chi connectivity index (χ2v) is 11.6. The second kappa shape index (κ2) is 7.50. The van der Waals surface area contributed by atoms with Gasteiger partial charge in [0.05, 0.1) is 5.41 Å². The first-order chi connectivity index (χ1) is 20.4. The van der Waals surface area contributed by atoms with Crippen LogP contribution in [0.15, 0.2) is 146 Å². The van der Waals surface area contributed by atoms with E-state index in [1.165, 1.54) is 88.7 Å². The fourth-order valence-corrected chi connectivity index (χ4v) is 8.40. The molecule has 0 radical (unpaired) electrons. The molecule has 3 aliphatic carbocycles. The van der Waals surface area contributed by atoms with Gasteiger partial charge in [0.25, 0.3) is 0 Å². The summed E-state index contributed by atoms with van der Waals surface area (Å²) in [7, 11) is 0. The van der Waals surface area contributed by atoms with E-state index in [0.29, 0.717) is 0 Å². The largest absolute Gasteiger partial charge is 0.0725 e. The van der Waals surface area contributed by atoms with Crippen LogP contribution >= 0.6 is 0 Å². The minimum Gasteiger partial charge on any atom is -0.0622 e. The molecule has 41 heavy (non-hydrogen) atoms. The van der Waals surface area contributed by atoms with Gasteiger partial charge in [0, 0.05) is 0 Å². The van der Waals surface area contributed by atoms with Crippen molar-refractivity contribution in [1.82, 2.24) is 0 Å². The zero-order valence-electron chi connectivity index (χ0n) is 22.4. The van der Waals surface area contributed by atoms with E-state index in [1.807, 2.05) is 0 Å². The van der Waals surface area contributed by atoms with Crippen LogP contribution in [-0.4, -0.2) is 0 Å². The summed E-state index contributed by atoms with van der Waals surface area (Å²) in [5, 5.41) is 2.68. The number of hydrogen-bond donors (Lipinski definition) is 0. The van der Waals surface area contributed by atoms with Crippen molar-refractivity contribution in [2.75, 3.05) is 0 Å². The molecule has 0 atom stereocenters. The number of hydrogen-bond acceptors (Lipinski definition) is 0. The quantitative estimate of drug-likeness (QED) is 0.204. The monoisotopic (exact) mass is 516 g/mol. The summed E-state index contributed by atoms with van der Waals surface area (Å²) < 4.78 is 0. The van der Waals surface area contributed by atoms with E-state index in [9.17, 15) is 0 Å². The average Bonchev–Trinajstić information content (AvgIpc) is 3.64.